The lowest BCUT2D eigenvalue weighted by atomic mass is 9.92. The van der Waals surface area contributed by atoms with E-state index in [1.165, 1.54) is 11.1 Å². The van der Waals surface area contributed by atoms with Gasteiger partial charge in [-0.25, -0.2) is 0 Å². The fourth-order valence-electron chi connectivity index (χ4n) is 2.62. The van der Waals surface area contributed by atoms with Crippen molar-refractivity contribution in [3.05, 3.63) is 59.0 Å². The fraction of sp³-hybridized carbons (Fsp3) is 0.333. The van der Waals surface area contributed by atoms with Crippen molar-refractivity contribution in [1.82, 2.24) is 5.32 Å². The molecule has 3 rings (SSSR count). The topological polar surface area (TPSA) is 25.2 Å². The Morgan fingerprint density at radius 3 is 2.76 bits per heavy atom. The first-order valence-corrected chi connectivity index (χ1v) is 6.14. The van der Waals surface area contributed by atoms with Gasteiger partial charge in [0, 0.05) is 18.0 Å². The highest BCUT2D eigenvalue weighted by molar-refractivity contribution is 5.37. The first-order valence-electron chi connectivity index (χ1n) is 6.14. The van der Waals surface area contributed by atoms with Crippen LogP contribution in [0.4, 0.5) is 0 Å². The van der Waals surface area contributed by atoms with Gasteiger partial charge in [-0.05, 0) is 25.5 Å². The number of aryl methyl sites for hydroxylation is 1. The minimum Gasteiger partial charge on any atom is -0.466 e. The molecule has 0 amide bonds. The summed E-state index contributed by atoms with van der Waals surface area (Å²) in [6.45, 7) is 4.22. The number of hydrogen-bond acceptors (Lipinski definition) is 2. The van der Waals surface area contributed by atoms with Gasteiger partial charge in [0.25, 0.3) is 0 Å². The van der Waals surface area contributed by atoms with Crippen LogP contribution < -0.4 is 5.32 Å². The number of rotatable bonds is 1. The zero-order chi connectivity index (χ0) is 11.8. The van der Waals surface area contributed by atoms with Crippen LogP contribution in [0, 0.1) is 6.92 Å². The summed E-state index contributed by atoms with van der Waals surface area (Å²) >= 11 is 0. The lowest BCUT2D eigenvalue weighted by Gasteiger charge is -2.28. The third-order valence-electron chi connectivity index (χ3n) is 3.35. The van der Waals surface area contributed by atoms with E-state index >= 15 is 0 Å². The molecule has 0 aliphatic carbocycles. The molecule has 88 valence electrons. The lowest BCUT2D eigenvalue weighted by molar-refractivity contribution is 0.392. The van der Waals surface area contributed by atoms with Crippen LogP contribution >= 0.6 is 0 Å². The van der Waals surface area contributed by atoms with Crippen molar-refractivity contribution in [3.8, 4) is 0 Å². The Bertz CT molecular complexity index is 515. The van der Waals surface area contributed by atoms with Gasteiger partial charge in [-0.2, -0.15) is 0 Å². The van der Waals surface area contributed by atoms with Crippen LogP contribution in [0.5, 0.6) is 0 Å². The standard InChI is InChI=1S/C15H17NO/c1-10-8-14-13(9-11(2)17-14)15(16-10)12-6-4-3-5-7-12/h3-7,9-10,15-16H,8H2,1-2H3. The molecule has 0 bridgehead atoms. The molecule has 1 aliphatic heterocycles. The zero-order valence-corrected chi connectivity index (χ0v) is 10.2. The van der Waals surface area contributed by atoms with Gasteiger partial charge in [0.1, 0.15) is 11.5 Å². The number of fused-ring (bicyclic) bond motifs is 1. The van der Waals surface area contributed by atoms with E-state index in [9.17, 15) is 0 Å². The van der Waals surface area contributed by atoms with Crippen LogP contribution in [-0.2, 0) is 6.42 Å². The van der Waals surface area contributed by atoms with Crippen LogP contribution in [-0.4, -0.2) is 6.04 Å². The smallest absolute Gasteiger partial charge is 0.110 e. The zero-order valence-electron chi connectivity index (χ0n) is 10.2. The monoisotopic (exact) mass is 227 g/mol. The van der Waals surface area contributed by atoms with Gasteiger partial charge in [-0.15, -0.1) is 0 Å². The second-order valence-electron chi connectivity index (χ2n) is 4.85. The van der Waals surface area contributed by atoms with Gasteiger partial charge in [0.2, 0.25) is 0 Å². The molecule has 0 fully saturated rings. The molecule has 2 aromatic rings. The van der Waals surface area contributed by atoms with E-state index in [2.05, 4.69) is 48.6 Å². The van der Waals surface area contributed by atoms with Crippen molar-refractivity contribution >= 4 is 0 Å². The molecule has 0 saturated carbocycles. The second-order valence-corrected chi connectivity index (χ2v) is 4.85. The van der Waals surface area contributed by atoms with Crippen LogP contribution in [0.3, 0.4) is 0 Å². The SMILES string of the molecule is Cc1cc2c(o1)CC(C)NC2c1ccccc1. The molecule has 2 unspecified atom stereocenters. The van der Waals surface area contributed by atoms with Crippen LogP contribution in [0.25, 0.3) is 0 Å². The first-order chi connectivity index (χ1) is 8.24. The Hall–Kier alpha value is -1.54. The summed E-state index contributed by atoms with van der Waals surface area (Å²) in [5.74, 6) is 2.15. The third-order valence-corrected chi connectivity index (χ3v) is 3.35. The Morgan fingerprint density at radius 2 is 2.00 bits per heavy atom. The number of hydrogen-bond donors (Lipinski definition) is 1. The summed E-state index contributed by atoms with van der Waals surface area (Å²) in [4.78, 5) is 0. The quantitative estimate of drug-likeness (QED) is 0.809. The summed E-state index contributed by atoms with van der Waals surface area (Å²) in [5.41, 5.74) is 2.60. The summed E-state index contributed by atoms with van der Waals surface area (Å²) in [7, 11) is 0. The summed E-state index contributed by atoms with van der Waals surface area (Å²) in [5, 5.41) is 3.64. The van der Waals surface area contributed by atoms with Crippen LogP contribution in [0.15, 0.2) is 40.8 Å². The maximum absolute atomic E-state index is 5.79. The average molecular weight is 227 g/mol. The predicted octanol–water partition coefficient (Wildman–Crippen LogP) is 3.21. The lowest BCUT2D eigenvalue weighted by Crippen LogP contribution is -2.37. The fourth-order valence-corrected chi connectivity index (χ4v) is 2.62. The highest BCUT2D eigenvalue weighted by Gasteiger charge is 2.27. The molecular weight excluding hydrogens is 210 g/mol. The van der Waals surface area contributed by atoms with E-state index in [0.29, 0.717) is 6.04 Å². The van der Waals surface area contributed by atoms with Crippen molar-refractivity contribution in [2.75, 3.05) is 0 Å². The molecule has 2 heterocycles. The van der Waals surface area contributed by atoms with E-state index in [1.54, 1.807) is 0 Å². The Morgan fingerprint density at radius 1 is 1.24 bits per heavy atom. The van der Waals surface area contributed by atoms with Crippen molar-refractivity contribution in [1.29, 1.82) is 0 Å². The molecular formula is C15H17NO. The van der Waals surface area contributed by atoms with Crippen LogP contribution in [0.2, 0.25) is 0 Å². The van der Waals surface area contributed by atoms with E-state index < -0.39 is 0 Å². The average Bonchev–Trinajstić information content (AvgIpc) is 2.69. The Kier molecular flexibility index (Phi) is 2.52. The Balaban J connectivity index is 2.06. The van der Waals surface area contributed by atoms with Gasteiger partial charge in [-0.1, -0.05) is 30.3 Å². The maximum Gasteiger partial charge on any atom is 0.110 e. The molecule has 0 saturated heterocycles. The van der Waals surface area contributed by atoms with Crippen molar-refractivity contribution < 1.29 is 4.42 Å². The van der Waals surface area contributed by atoms with E-state index in [4.69, 9.17) is 4.42 Å². The molecule has 1 aliphatic rings. The van der Waals surface area contributed by atoms with E-state index in [1.807, 2.05) is 6.92 Å². The molecule has 2 atom stereocenters. The van der Waals surface area contributed by atoms with E-state index in [-0.39, 0.29) is 6.04 Å². The first kappa shape index (κ1) is 10.6. The predicted molar refractivity (Wildman–Crippen MR) is 68.0 cm³/mol. The number of benzene rings is 1. The molecule has 17 heavy (non-hydrogen) atoms. The molecule has 0 spiro atoms. The number of furan rings is 1. The van der Waals surface area contributed by atoms with Gasteiger partial charge < -0.3 is 9.73 Å². The second kappa shape index (κ2) is 4.04. The normalized spacial score (nSPS) is 23.4. The highest BCUT2D eigenvalue weighted by atomic mass is 16.3. The van der Waals surface area contributed by atoms with Crippen molar-refractivity contribution in [3.63, 3.8) is 0 Å². The molecule has 0 radical (unpaired) electrons. The van der Waals surface area contributed by atoms with Crippen molar-refractivity contribution in [2.45, 2.75) is 32.4 Å². The molecule has 1 aromatic carbocycles. The minimum absolute atomic E-state index is 0.271. The summed E-state index contributed by atoms with van der Waals surface area (Å²) < 4.78 is 5.79. The molecule has 2 heteroatoms. The number of nitrogens with one attached hydrogen (secondary N) is 1. The molecule has 1 N–H and O–H groups in total. The maximum atomic E-state index is 5.79. The Labute approximate surface area is 102 Å². The summed E-state index contributed by atoms with van der Waals surface area (Å²) in [6, 6.07) is 13.4. The van der Waals surface area contributed by atoms with Crippen molar-refractivity contribution in [2.24, 2.45) is 0 Å². The van der Waals surface area contributed by atoms with Crippen LogP contribution in [0.1, 0.15) is 35.6 Å². The largest absolute Gasteiger partial charge is 0.466 e. The molecule has 1 aromatic heterocycles. The van der Waals surface area contributed by atoms with Gasteiger partial charge in [-0.3, -0.25) is 0 Å². The summed E-state index contributed by atoms with van der Waals surface area (Å²) in [6.07, 6.45) is 0.979. The van der Waals surface area contributed by atoms with Gasteiger partial charge in [0.15, 0.2) is 0 Å². The van der Waals surface area contributed by atoms with Gasteiger partial charge >= 0.3 is 0 Å². The minimum atomic E-state index is 0.271. The molecule has 2 nitrogen and oxygen atoms in total. The van der Waals surface area contributed by atoms with E-state index in [0.717, 1.165) is 17.9 Å². The third kappa shape index (κ3) is 1.89. The highest BCUT2D eigenvalue weighted by Crippen LogP contribution is 2.32. The van der Waals surface area contributed by atoms with Gasteiger partial charge in [0.05, 0.1) is 6.04 Å².